The quantitative estimate of drug-likeness (QED) is 0.776. The average molecular weight is 327 g/mol. The number of rotatable bonds is 5. The first kappa shape index (κ1) is 15.4. The second-order valence-corrected chi connectivity index (χ2v) is 6.55. The van der Waals surface area contributed by atoms with Gasteiger partial charge in [-0.1, -0.05) is 30.3 Å². The van der Waals surface area contributed by atoms with E-state index in [1.807, 2.05) is 30.1 Å². The van der Waals surface area contributed by atoms with Gasteiger partial charge in [-0.15, -0.1) is 11.3 Å². The van der Waals surface area contributed by atoms with Gasteiger partial charge in [-0.3, -0.25) is 4.79 Å². The number of hydrogen-bond acceptors (Lipinski definition) is 5. The number of carboxylic acids is 1. The highest BCUT2D eigenvalue weighted by Gasteiger charge is 2.18. The zero-order valence-electron chi connectivity index (χ0n) is 13.0. The fourth-order valence-corrected chi connectivity index (χ4v) is 3.65. The van der Waals surface area contributed by atoms with Gasteiger partial charge in [0.2, 0.25) is 0 Å². The molecule has 5 nitrogen and oxygen atoms in total. The maximum Gasteiger partial charge on any atom is 0.305 e. The first-order valence-corrected chi connectivity index (χ1v) is 8.12. The third-order valence-electron chi connectivity index (χ3n) is 3.73. The van der Waals surface area contributed by atoms with Crippen molar-refractivity contribution in [1.82, 2.24) is 9.97 Å². The maximum atomic E-state index is 10.8. The van der Waals surface area contributed by atoms with Crippen LogP contribution in [0.4, 0.5) is 5.82 Å². The maximum absolute atomic E-state index is 10.8. The lowest BCUT2D eigenvalue weighted by Crippen LogP contribution is -2.22. The monoisotopic (exact) mass is 327 g/mol. The molecule has 0 bridgehead atoms. The SMILES string of the molecule is Cc1sc2ncnc(N(C)CCC(=O)O)c2c1-c1ccccc1. The van der Waals surface area contributed by atoms with Gasteiger partial charge in [0, 0.05) is 24.0 Å². The summed E-state index contributed by atoms with van der Waals surface area (Å²) in [6, 6.07) is 10.2. The van der Waals surface area contributed by atoms with E-state index in [0.717, 1.165) is 27.2 Å². The molecule has 0 aliphatic rings. The van der Waals surface area contributed by atoms with Gasteiger partial charge in [0.1, 0.15) is 17.0 Å². The number of anilines is 1. The van der Waals surface area contributed by atoms with E-state index in [9.17, 15) is 4.79 Å². The van der Waals surface area contributed by atoms with Gasteiger partial charge in [-0.05, 0) is 12.5 Å². The molecule has 2 heterocycles. The van der Waals surface area contributed by atoms with Crippen molar-refractivity contribution in [2.45, 2.75) is 13.3 Å². The van der Waals surface area contributed by atoms with Gasteiger partial charge in [0.05, 0.1) is 11.8 Å². The van der Waals surface area contributed by atoms with Crippen LogP contribution in [-0.4, -0.2) is 34.6 Å². The van der Waals surface area contributed by atoms with Crippen LogP contribution < -0.4 is 4.90 Å². The molecule has 1 N–H and O–H groups in total. The van der Waals surface area contributed by atoms with Crippen LogP contribution in [-0.2, 0) is 4.79 Å². The summed E-state index contributed by atoms with van der Waals surface area (Å²) in [5, 5.41) is 9.90. The molecule has 0 fully saturated rings. The van der Waals surface area contributed by atoms with Crippen LogP contribution in [0.25, 0.3) is 21.3 Å². The lowest BCUT2D eigenvalue weighted by Gasteiger charge is -2.18. The molecular formula is C17H17N3O2S. The van der Waals surface area contributed by atoms with E-state index < -0.39 is 5.97 Å². The van der Waals surface area contributed by atoms with Crippen LogP contribution in [0.5, 0.6) is 0 Å². The summed E-state index contributed by atoms with van der Waals surface area (Å²) in [5.41, 5.74) is 2.25. The number of carboxylic acid groups (broad SMARTS) is 1. The molecule has 0 saturated carbocycles. The molecule has 0 atom stereocenters. The smallest absolute Gasteiger partial charge is 0.305 e. The van der Waals surface area contributed by atoms with Crippen LogP contribution >= 0.6 is 11.3 Å². The Labute approximate surface area is 138 Å². The molecule has 118 valence electrons. The number of aliphatic carboxylic acids is 1. The largest absolute Gasteiger partial charge is 0.481 e. The van der Waals surface area contributed by atoms with Crippen molar-refractivity contribution in [2.24, 2.45) is 0 Å². The standard InChI is InChI=1S/C17H17N3O2S/c1-11-14(12-6-4-3-5-7-12)15-16(18-10-19-17(15)23-11)20(2)9-8-13(21)22/h3-7,10H,8-9H2,1-2H3,(H,21,22). The van der Waals surface area contributed by atoms with E-state index >= 15 is 0 Å². The lowest BCUT2D eigenvalue weighted by atomic mass is 10.0. The Kier molecular flexibility index (Phi) is 4.25. The van der Waals surface area contributed by atoms with E-state index in [2.05, 4.69) is 29.0 Å². The number of benzene rings is 1. The van der Waals surface area contributed by atoms with E-state index in [1.54, 1.807) is 17.7 Å². The third kappa shape index (κ3) is 3.03. The highest BCUT2D eigenvalue weighted by Crippen LogP contribution is 2.40. The Balaban J connectivity index is 2.14. The minimum atomic E-state index is -0.813. The van der Waals surface area contributed by atoms with Crippen molar-refractivity contribution >= 4 is 33.3 Å². The van der Waals surface area contributed by atoms with Crippen molar-refractivity contribution in [3.05, 3.63) is 41.5 Å². The fraction of sp³-hybridized carbons (Fsp3) is 0.235. The number of aryl methyl sites for hydroxylation is 1. The molecule has 23 heavy (non-hydrogen) atoms. The number of hydrogen-bond donors (Lipinski definition) is 1. The molecule has 0 saturated heterocycles. The van der Waals surface area contributed by atoms with Crippen LogP contribution in [0.3, 0.4) is 0 Å². The second-order valence-electron chi connectivity index (χ2n) is 5.34. The van der Waals surface area contributed by atoms with Crippen molar-refractivity contribution in [3.8, 4) is 11.1 Å². The molecule has 1 aromatic carbocycles. The van der Waals surface area contributed by atoms with Gasteiger partial charge >= 0.3 is 5.97 Å². The Bertz CT molecular complexity index is 846. The lowest BCUT2D eigenvalue weighted by molar-refractivity contribution is -0.136. The van der Waals surface area contributed by atoms with Gasteiger partial charge in [0.15, 0.2) is 0 Å². The molecule has 0 aliphatic carbocycles. The molecule has 0 unspecified atom stereocenters. The molecular weight excluding hydrogens is 310 g/mol. The van der Waals surface area contributed by atoms with Crippen LogP contribution in [0.1, 0.15) is 11.3 Å². The first-order chi connectivity index (χ1) is 11.1. The summed E-state index contributed by atoms with van der Waals surface area (Å²) in [5.74, 6) is -0.0358. The van der Waals surface area contributed by atoms with E-state index in [4.69, 9.17) is 5.11 Å². The van der Waals surface area contributed by atoms with Crippen LogP contribution in [0.15, 0.2) is 36.7 Å². The van der Waals surface area contributed by atoms with Crippen molar-refractivity contribution in [1.29, 1.82) is 0 Å². The second kappa shape index (κ2) is 6.34. The van der Waals surface area contributed by atoms with Gasteiger partial charge in [0.25, 0.3) is 0 Å². The predicted molar refractivity (Wildman–Crippen MR) is 93.1 cm³/mol. The number of thiophene rings is 1. The molecule has 0 radical (unpaired) electrons. The number of carbonyl (C=O) groups is 1. The molecule has 0 amide bonds. The van der Waals surface area contributed by atoms with Crippen molar-refractivity contribution < 1.29 is 9.90 Å². The van der Waals surface area contributed by atoms with Crippen LogP contribution in [0, 0.1) is 6.92 Å². The summed E-state index contributed by atoms with van der Waals surface area (Å²) in [7, 11) is 1.87. The molecule has 0 aliphatic heterocycles. The van der Waals surface area contributed by atoms with Gasteiger partial charge in [-0.25, -0.2) is 9.97 Å². The van der Waals surface area contributed by atoms with Crippen molar-refractivity contribution in [2.75, 3.05) is 18.5 Å². The average Bonchev–Trinajstić information content (AvgIpc) is 2.89. The Hall–Kier alpha value is -2.47. The van der Waals surface area contributed by atoms with E-state index in [-0.39, 0.29) is 6.42 Å². The molecule has 0 spiro atoms. The third-order valence-corrected chi connectivity index (χ3v) is 4.74. The summed E-state index contributed by atoms with van der Waals surface area (Å²) in [4.78, 5) is 23.6. The minimum absolute atomic E-state index is 0.0752. The van der Waals surface area contributed by atoms with Gasteiger partial charge in [-0.2, -0.15) is 0 Å². The zero-order chi connectivity index (χ0) is 16.4. The highest BCUT2D eigenvalue weighted by molar-refractivity contribution is 7.19. The normalized spacial score (nSPS) is 10.9. The Morgan fingerprint density at radius 2 is 2.00 bits per heavy atom. The van der Waals surface area contributed by atoms with E-state index in [0.29, 0.717) is 6.54 Å². The van der Waals surface area contributed by atoms with Crippen molar-refractivity contribution in [3.63, 3.8) is 0 Å². The number of nitrogens with zero attached hydrogens (tertiary/aromatic N) is 3. The number of fused-ring (bicyclic) bond motifs is 1. The van der Waals surface area contributed by atoms with Gasteiger partial charge < -0.3 is 10.0 Å². The van der Waals surface area contributed by atoms with E-state index in [1.165, 1.54) is 4.88 Å². The fourth-order valence-electron chi connectivity index (χ4n) is 2.64. The molecule has 2 aromatic heterocycles. The molecule has 3 rings (SSSR count). The summed E-state index contributed by atoms with van der Waals surface area (Å²) in [6.45, 7) is 2.49. The molecule has 6 heteroatoms. The zero-order valence-corrected chi connectivity index (χ0v) is 13.8. The summed E-state index contributed by atoms with van der Waals surface area (Å²) >= 11 is 1.64. The minimum Gasteiger partial charge on any atom is -0.481 e. The summed E-state index contributed by atoms with van der Waals surface area (Å²) in [6.07, 6.45) is 1.62. The Morgan fingerprint density at radius 3 is 2.70 bits per heavy atom. The Morgan fingerprint density at radius 1 is 1.26 bits per heavy atom. The summed E-state index contributed by atoms with van der Waals surface area (Å²) < 4.78 is 0. The van der Waals surface area contributed by atoms with Crippen LogP contribution in [0.2, 0.25) is 0 Å². The number of aromatic nitrogens is 2. The predicted octanol–water partition coefficient (Wildman–Crippen LogP) is 3.58. The highest BCUT2D eigenvalue weighted by atomic mass is 32.1. The first-order valence-electron chi connectivity index (χ1n) is 7.30. The molecule has 3 aromatic rings. The topological polar surface area (TPSA) is 66.3 Å².